The zero-order chi connectivity index (χ0) is 21.1. The fourth-order valence-corrected chi connectivity index (χ4v) is 4.26. The molecule has 0 unspecified atom stereocenters. The minimum absolute atomic E-state index is 0.0455. The van der Waals surface area contributed by atoms with Gasteiger partial charge in [-0.15, -0.1) is 11.8 Å². The number of nitrogens with one attached hydrogen (secondary N) is 2. The summed E-state index contributed by atoms with van der Waals surface area (Å²) in [6.45, 7) is 0.292. The maximum atomic E-state index is 12.6. The Balaban J connectivity index is 1.23. The van der Waals surface area contributed by atoms with Gasteiger partial charge in [-0.05, 0) is 42.2 Å². The molecule has 8 heteroatoms. The predicted molar refractivity (Wildman–Crippen MR) is 115 cm³/mol. The van der Waals surface area contributed by atoms with Crippen LogP contribution in [0, 0.1) is 0 Å². The molecule has 1 aliphatic carbocycles. The molecule has 4 amide bonds. The van der Waals surface area contributed by atoms with Crippen LogP contribution in [0.4, 0.5) is 0 Å². The molecule has 4 rings (SSSR count). The normalized spacial score (nSPS) is 15.8. The van der Waals surface area contributed by atoms with Crippen LogP contribution in [0.25, 0.3) is 10.8 Å². The third-order valence-corrected chi connectivity index (χ3v) is 6.36. The number of hydrogen-bond acceptors (Lipinski definition) is 5. The van der Waals surface area contributed by atoms with Gasteiger partial charge in [0.15, 0.2) is 0 Å². The first kappa shape index (κ1) is 20.4. The molecule has 2 aromatic rings. The number of imide groups is 1. The second-order valence-corrected chi connectivity index (χ2v) is 8.53. The number of carbonyl (C=O) groups excluding carboxylic acids is 4. The molecule has 0 saturated heterocycles. The monoisotopic (exact) mass is 425 g/mol. The second-order valence-electron chi connectivity index (χ2n) is 7.54. The van der Waals surface area contributed by atoms with Crippen LogP contribution in [0.2, 0.25) is 0 Å². The van der Waals surface area contributed by atoms with E-state index in [1.807, 2.05) is 24.3 Å². The Morgan fingerprint density at radius 2 is 1.57 bits per heavy atom. The van der Waals surface area contributed by atoms with E-state index in [2.05, 4.69) is 10.6 Å². The van der Waals surface area contributed by atoms with Gasteiger partial charge < -0.3 is 10.6 Å². The van der Waals surface area contributed by atoms with Crippen molar-refractivity contribution in [2.75, 3.05) is 24.6 Å². The molecule has 2 N–H and O–H groups in total. The topological polar surface area (TPSA) is 95.6 Å². The number of fused-ring (bicyclic) bond motifs is 2. The summed E-state index contributed by atoms with van der Waals surface area (Å²) in [5.41, 5.74) is 0.802. The molecule has 1 heterocycles. The van der Waals surface area contributed by atoms with Gasteiger partial charge in [-0.1, -0.05) is 24.3 Å². The largest absolute Gasteiger partial charge is 0.354 e. The smallest absolute Gasteiger partial charge is 0.261 e. The molecular formula is C22H23N3O4S. The fraction of sp³-hybridized carbons (Fsp3) is 0.364. The number of thioether (sulfide) groups is 1. The van der Waals surface area contributed by atoms with Crippen molar-refractivity contribution in [1.29, 1.82) is 0 Å². The Kier molecular flexibility index (Phi) is 6.03. The standard InChI is InChI=1S/C22H23N3O4S/c26-19(12-30-13-20(27)24-16-6-3-7-16)23-8-9-25-21(28)17-10-14-4-1-2-5-15(14)11-18(17)22(25)29/h1-2,4-5,10-11,16H,3,6-9,12-13H2,(H,23,26)(H,24,27). The van der Waals surface area contributed by atoms with E-state index >= 15 is 0 Å². The van der Waals surface area contributed by atoms with Gasteiger partial charge in [0.25, 0.3) is 11.8 Å². The summed E-state index contributed by atoms with van der Waals surface area (Å²) in [7, 11) is 0. The summed E-state index contributed by atoms with van der Waals surface area (Å²) in [6, 6.07) is 11.4. The third kappa shape index (κ3) is 4.33. The molecule has 0 atom stereocenters. The highest BCUT2D eigenvalue weighted by Crippen LogP contribution is 2.27. The van der Waals surface area contributed by atoms with Gasteiger partial charge in [-0.2, -0.15) is 0 Å². The molecule has 7 nitrogen and oxygen atoms in total. The number of hydrogen-bond donors (Lipinski definition) is 2. The predicted octanol–water partition coefficient (Wildman–Crippen LogP) is 1.95. The van der Waals surface area contributed by atoms with E-state index in [1.165, 1.54) is 16.7 Å². The second kappa shape index (κ2) is 8.87. The number of amides is 4. The van der Waals surface area contributed by atoms with Gasteiger partial charge in [0.2, 0.25) is 11.8 Å². The molecule has 0 spiro atoms. The summed E-state index contributed by atoms with van der Waals surface area (Å²) in [5.74, 6) is -0.537. The number of benzene rings is 2. The first-order valence-electron chi connectivity index (χ1n) is 10.1. The molecule has 1 fully saturated rings. The number of carbonyl (C=O) groups is 4. The Labute approximate surface area is 178 Å². The molecule has 0 radical (unpaired) electrons. The zero-order valence-corrected chi connectivity index (χ0v) is 17.3. The van der Waals surface area contributed by atoms with E-state index in [0.717, 1.165) is 30.0 Å². The lowest BCUT2D eigenvalue weighted by Gasteiger charge is -2.26. The van der Waals surface area contributed by atoms with E-state index in [9.17, 15) is 19.2 Å². The zero-order valence-electron chi connectivity index (χ0n) is 16.5. The molecule has 0 aromatic heterocycles. The lowest BCUT2D eigenvalue weighted by Crippen LogP contribution is -2.41. The van der Waals surface area contributed by atoms with E-state index in [1.54, 1.807) is 12.1 Å². The molecule has 2 aromatic carbocycles. The van der Waals surface area contributed by atoms with Crippen molar-refractivity contribution in [3.05, 3.63) is 47.5 Å². The Morgan fingerprint density at radius 3 is 2.13 bits per heavy atom. The van der Waals surface area contributed by atoms with Crippen LogP contribution >= 0.6 is 11.8 Å². The highest BCUT2D eigenvalue weighted by molar-refractivity contribution is 8.00. The molecule has 1 aliphatic heterocycles. The van der Waals surface area contributed by atoms with Crippen molar-refractivity contribution in [3.63, 3.8) is 0 Å². The van der Waals surface area contributed by atoms with Crippen molar-refractivity contribution < 1.29 is 19.2 Å². The van der Waals surface area contributed by atoms with Crippen LogP contribution in [0.3, 0.4) is 0 Å². The van der Waals surface area contributed by atoms with Crippen molar-refractivity contribution in [2.45, 2.75) is 25.3 Å². The van der Waals surface area contributed by atoms with Crippen LogP contribution in [0.15, 0.2) is 36.4 Å². The van der Waals surface area contributed by atoms with E-state index in [0.29, 0.717) is 17.2 Å². The lowest BCUT2D eigenvalue weighted by molar-refractivity contribution is -0.119. The average molecular weight is 426 g/mol. The summed E-state index contributed by atoms with van der Waals surface area (Å²) in [5, 5.41) is 7.45. The molecule has 1 saturated carbocycles. The summed E-state index contributed by atoms with van der Waals surface area (Å²) >= 11 is 1.25. The molecule has 2 aliphatic rings. The van der Waals surface area contributed by atoms with E-state index < -0.39 is 0 Å². The third-order valence-electron chi connectivity index (χ3n) is 5.43. The average Bonchev–Trinajstić information content (AvgIpc) is 2.93. The molecular weight excluding hydrogens is 402 g/mol. The van der Waals surface area contributed by atoms with E-state index in [4.69, 9.17) is 0 Å². The Hall–Kier alpha value is -2.87. The van der Waals surface area contributed by atoms with Crippen LogP contribution in [-0.4, -0.2) is 59.2 Å². The van der Waals surface area contributed by atoms with Crippen molar-refractivity contribution in [1.82, 2.24) is 15.5 Å². The quantitative estimate of drug-likeness (QED) is 0.631. The lowest BCUT2D eigenvalue weighted by atomic mass is 9.93. The van der Waals surface area contributed by atoms with Crippen LogP contribution in [-0.2, 0) is 9.59 Å². The van der Waals surface area contributed by atoms with E-state index in [-0.39, 0.29) is 48.2 Å². The SMILES string of the molecule is O=C(CSCC(=O)NC1CCC1)NCCN1C(=O)c2cc3ccccc3cc2C1=O. The van der Waals surface area contributed by atoms with Crippen molar-refractivity contribution in [3.8, 4) is 0 Å². The van der Waals surface area contributed by atoms with Gasteiger partial charge in [0.05, 0.1) is 22.6 Å². The van der Waals surface area contributed by atoms with Crippen LogP contribution < -0.4 is 10.6 Å². The first-order chi connectivity index (χ1) is 14.5. The fourth-order valence-electron chi connectivity index (χ4n) is 3.60. The first-order valence-corrected chi connectivity index (χ1v) is 11.2. The highest BCUT2D eigenvalue weighted by Gasteiger charge is 2.35. The molecule has 156 valence electrons. The van der Waals surface area contributed by atoms with Crippen LogP contribution in [0.1, 0.15) is 40.0 Å². The van der Waals surface area contributed by atoms with Gasteiger partial charge in [0.1, 0.15) is 0 Å². The summed E-state index contributed by atoms with van der Waals surface area (Å²) in [6.07, 6.45) is 3.22. The van der Waals surface area contributed by atoms with Gasteiger partial charge >= 0.3 is 0 Å². The Bertz CT molecular complexity index is 964. The van der Waals surface area contributed by atoms with Crippen molar-refractivity contribution >= 4 is 46.2 Å². The molecule has 0 bridgehead atoms. The maximum Gasteiger partial charge on any atom is 0.261 e. The van der Waals surface area contributed by atoms with Crippen molar-refractivity contribution in [2.24, 2.45) is 0 Å². The Morgan fingerprint density at radius 1 is 0.967 bits per heavy atom. The van der Waals surface area contributed by atoms with Crippen LogP contribution in [0.5, 0.6) is 0 Å². The number of rotatable bonds is 8. The maximum absolute atomic E-state index is 12.6. The molecule has 30 heavy (non-hydrogen) atoms. The highest BCUT2D eigenvalue weighted by atomic mass is 32.2. The minimum atomic E-state index is -0.336. The summed E-state index contributed by atoms with van der Waals surface area (Å²) in [4.78, 5) is 50.2. The van der Waals surface area contributed by atoms with Gasteiger partial charge in [-0.3, -0.25) is 24.1 Å². The van der Waals surface area contributed by atoms with Gasteiger partial charge in [0, 0.05) is 19.1 Å². The summed E-state index contributed by atoms with van der Waals surface area (Å²) < 4.78 is 0. The number of nitrogens with zero attached hydrogens (tertiary/aromatic N) is 1. The van der Waals surface area contributed by atoms with Gasteiger partial charge in [-0.25, -0.2) is 0 Å². The minimum Gasteiger partial charge on any atom is -0.354 e.